The topological polar surface area (TPSA) is 42.0 Å². The maximum atomic E-state index is 13.4. The molecule has 2 aromatic heterocycles. The Morgan fingerprint density at radius 3 is 2.70 bits per heavy atom. The van der Waals surface area contributed by atoms with Gasteiger partial charge in [0.1, 0.15) is 5.82 Å². The quantitative estimate of drug-likeness (QED) is 0.317. The molecule has 27 heavy (non-hydrogen) atoms. The van der Waals surface area contributed by atoms with E-state index in [-0.39, 0.29) is 5.43 Å². The summed E-state index contributed by atoms with van der Waals surface area (Å²) in [5.74, 6) is 0.842. The maximum Gasteiger partial charge on any atom is 0.196 e. The lowest BCUT2D eigenvalue weighted by Crippen LogP contribution is -2.23. The Labute approximate surface area is 166 Å². The highest BCUT2D eigenvalue weighted by Crippen LogP contribution is 2.35. The van der Waals surface area contributed by atoms with Crippen LogP contribution in [0.15, 0.2) is 47.3 Å². The average molecular weight is 395 g/mol. The molecule has 4 aromatic rings. The van der Waals surface area contributed by atoms with E-state index >= 15 is 0 Å². The molecule has 1 fully saturated rings. The van der Waals surface area contributed by atoms with Crippen molar-refractivity contribution < 1.29 is 0 Å². The van der Waals surface area contributed by atoms with Gasteiger partial charge in [-0.25, -0.2) is 4.98 Å². The summed E-state index contributed by atoms with van der Waals surface area (Å²) in [7, 11) is 0. The predicted molar refractivity (Wildman–Crippen MR) is 116 cm³/mol. The van der Waals surface area contributed by atoms with Crippen molar-refractivity contribution in [1.29, 1.82) is 0 Å². The van der Waals surface area contributed by atoms with Gasteiger partial charge in [0.15, 0.2) is 5.43 Å². The van der Waals surface area contributed by atoms with Crippen molar-refractivity contribution >= 4 is 59.8 Å². The number of para-hydroxylation sites is 1. The Morgan fingerprint density at radius 2 is 1.85 bits per heavy atom. The Hall–Kier alpha value is -2.17. The summed E-state index contributed by atoms with van der Waals surface area (Å²) in [4.78, 5) is 18.3. The van der Waals surface area contributed by atoms with E-state index in [0.29, 0.717) is 16.5 Å². The molecule has 136 valence electrons. The van der Waals surface area contributed by atoms with E-state index in [1.807, 2.05) is 36.4 Å². The highest BCUT2D eigenvalue weighted by Gasteiger charge is 2.19. The molecule has 1 aliphatic carbocycles. The number of pyridine rings is 1. The lowest BCUT2D eigenvalue weighted by atomic mass is 9.95. The van der Waals surface area contributed by atoms with Gasteiger partial charge in [-0.3, -0.25) is 4.79 Å². The fraction of sp³-hybridized carbons (Fsp3) is 0.273. The van der Waals surface area contributed by atoms with Crippen LogP contribution in [-0.4, -0.2) is 11.0 Å². The predicted octanol–water partition coefficient (Wildman–Crippen LogP) is 6.36. The molecule has 1 N–H and O–H groups in total. The van der Waals surface area contributed by atoms with Crippen LogP contribution in [0.2, 0.25) is 5.02 Å². The number of hydrogen-bond donors (Lipinski definition) is 1. The van der Waals surface area contributed by atoms with Crippen molar-refractivity contribution in [3.8, 4) is 0 Å². The van der Waals surface area contributed by atoms with Crippen molar-refractivity contribution in [1.82, 2.24) is 4.98 Å². The molecule has 1 saturated carbocycles. The van der Waals surface area contributed by atoms with Crippen LogP contribution in [0.5, 0.6) is 0 Å². The number of hydrogen-bond acceptors (Lipinski definition) is 4. The number of nitrogens with one attached hydrogen (secondary N) is 1. The van der Waals surface area contributed by atoms with Crippen molar-refractivity contribution in [2.45, 2.75) is 38.1 Å². The summed E-state index contributed by atoms with van der Waals surface area (Å²) in [6.45, 7) is 0. The van der Waals surface area contributed by atoms with Crippen LogP contribution in [-0.2, 0) is 0 Å². The van der Waals surface area contributed by atoms with Crippen molar-refractivity contribution in [3.63, 3.8) is 0 Å². The molecule has 0 bridgehead atoms. The monoisotopic (exact) mass is 394 g/mol. The molecule has 0 unspecified atom stereocenters. The zero-order chi connectivity index (χ0) is 18.4. The van der Waals surface area contributed by atoms with E-state index in [0.717, 1.165) is 44.3 Å². The molecule has 5 heteroatoms. The first kappa shape index (κ1) is 17.0. The number of nitrogens with zero attached hydrogens (tertiary/aromatic N) is 1. The number of anilines is 1. The highest BCUT2D eigenvalue weighted by molar-refractivity contribution is 7.25. The van der Waals surface area contributed by atoms with Crippen LogP contribution >= 0.6 is 22.9 Å². The molecule has 5 rings (SSSR count). The first-order valence-electron chi connectivity index (χ1n) is 9.42. The smallest absolute Gasteiger partial charge is 0.196 e. The molecule has 0 saturated heterocycles. The first-order valence-corrected chi connectivity index (χ1v) is 10.6. The second-order valence-electron chi connectivity index (χ2n) is 7.23. The molecule has 3 nitrogen and oxygen atoms in total. The van der Waals surface area contributed by atoms with Gasteiger partial charge in [0.25, 0.3) is 0 Å². The van der Waals surface area contributed by atoms with Crippen LogP contribution in [0.25, 0.3) is 31.1 Å². The van der Waals surface area contributed by atoms with Gasteiger partial charge < -0.3 is 5.32 Å². The van der Waals surface area contributed by atoms with Gasteiger partial charge in [0.2, 0.25) is 0 Å². The van der Waals surface area contributed by atoms with Crippen LogP contribution in [0.4, 0.5) is 5.82 Å². The molecule has 0 radical (unpaired) electrons. The van der Waals surface area contributed by atoms with Crippen LogP contribution in [0, 0.1) is 0 Å². The van der Waals surface area contributed by atoms with Gasteiger partial charge in [-0.2, -0.15) is 0 Å². The zero-order valence-corrected chi connectivity index (χ0v) is 16.4. The van der Waals surface area contributed by atoms with Gasteiger partial charge >= 0.3 is 0 Å². The SMILES string of the molecule is O=c1c2cc(Cl)ccc2sc2c(NC3CCCCC3)nc3ccccc3c12. The third-order valence-electron chi connectivity index (χ3n) is 5.42. The van der Waals surface area contributed by atoms with Crippen molar-refractivity contribution in [2.24, 2.45) is 0 Å². The lowest BCUT2D eigenvalue weighted by molar-refractivity contribution is 0.462. The second-order valence-corrected chi connectivity index (χ2v) is 8.72. The third kappa shape index (κ3) is 2.97. The normalized spacial score (nSPS) is 15.6. The fourth-order valence-electron chi connectivity index (χ4n) is 4.07. The Balaban J connectivity index is 1.84. The van der Waals surface area contributed by atoms with Gasteiger partial charge in [-0.15, -0.1) is 11.3 Å². The van der Waals surface area contributed by atoms with E-state index in [9.17, 15) is 4.79 Å². The number of fused-ring (bicyclic) bond motifs is 4. The standard InChI is InChI=1S/C22H19ClN2OS/c23-13-10-11-18-16(12-13)20(26)19-15-8-4-5-9-17(15)25-22(21(19)27-18)24-14-6-2-1-3-7-14/h4-5,8-12,14H,1-3,6-7H2,(H,24,25). The summed E-state index contributed by atoms with van der Waals surface area (Å²) in [6.07, 6.45) is 6.13. The molecule has 2 heterocycles. The van der Waals surface area contributed by atoms with Crippen LogP contribution in [0.1, 0.15) is 32.1 Å². The molecule has 0 aliphatic heterocycles. The summed E-state index contributed by atoms with van der Waals surface area (Å²) in [6, 6.07) is 13.9. The molecule has 0 spiro atoms. The number of rotatable bonds is 2. The fourth-order valence-corrected chi connectivity index (χ4v) is 5.37. The van der Waals surface area contributed by atoms with Gasteiger partial charge in [0.05, 0.1) is 15.6 Å². The molecule has 2 aromatic carbocycles. The Morgan fingerprint density at radius 1 is 1.04 bits per heavy atom. The molecular weight excluding hydrogens is 376 g/mol. The van der Waals surface area contributed by atoms with E-state index in [1.165, 1.54) is 19.3 Å². The van der Waals surface area contributed by atoms with E-state index in [1.54, 1.807) is 17.4 Å². The lowest BCUT2D eigenvalue weighted by Gasteiger charge is -2.24. The molecular formula is C22H19ClN2OS. The van der Waals surface area contributed by atoms with Gasteiger partial charge in [-0.05, 0) is 37.1 Å². The third-order valence-corrected chi connectivity index (χ3v) is 6.83. The van der Waals surface area contributed by atoms with Crippen molar-refractivity contribution in [3.05, 3.63) is 57.7 Å². The average Bonchev–Trinajstić information content (AvgIpc) is 2.69. The second kappa shape index (κ2) is 6.77. The first-order chi connectivity index (χ1) is 13.2. The van der Waals surface area contributed by atoms with Gasteiger partial charge in [-0.1, -0.05) is 49.1 Å². The molecule has 0 amide bonds. The largest absolute Gasteiger partial charge is 0.366 e. The van der Waals surface area contributed by atoms with Crippen molar-refractivity contribution in [2.75, 3.05) is 5.32 Å². The van der Waals surface area contributed by atoms with E-state index < -0.39 is 0 Å². The van der Waals surface area contributed by atoms with E-state index in [2.05, 4.69) is 5.32 Å². The summed E-state index contributed by atoms with van der Waals surface area (Å²) in [5, 5.41) is 6.58. The minimum Gasteiger partial charge on any atom is -0.366 e. The molecule has 1 aliphatic rings. The number of halogens is 1. The van der Waals surface area contributed by atoms with Crippen LogP contribution < -0.4 is 10.7 Å². The number of benzene rings is 2. The Kier molecular flexibility index (Phi) is 4.25. The number of aromatic nitrogens is 1. The summed E-state index contributed by atoms with van der Waals surface area (Å²) in [5.41, 5.74) is 0.889. The van der Waals surface area contributed by atoms with Crippen LogP contribution in [0.3, 0.4) is 0 Å². The highest BCUT2D eigenvalue weighted by atomic mass is 35.5. The minimum atomic E-state index is 0.0338. The zero-order valence-electron chi connectivity index (χ0n) is 14.8. The Bertz CT molecular complexity index is 1230. The molecule has 0 atom stereocenters. The summed E-state index contributed by atoms with van der Waals surface area (Å²) >= 11 is 7.78. The maximum absolute atomic E-state index is 13.4. The minimum absolute atomic E-state index is 0.0338. The summed E-state index contributed by atoms with van der Waals surface area (Å²) < 4.78 is 1.89. The van der Waals surface area contributed by atoms with E-state index in [4.69, 9.17) is 16.6 Å². The van der Waals surface area contributed by atoms with Gasteiger partial charge in [0, 0.05) is 26.5 Å².